The number of hydrogen-bond donors (Lipinski definition) is 0. The van der Waals surface area contributed by atoms with Crippen LogP contribution in [-0.2, 0) is 25.6 Å². The van der Waals surface area contributed by atoms with Crippen molar-refractivity contribution < 1.29 is 29.4 Å². The van der Waals surface area contributed by atoms with Crippen LogP contribution in [0, 0.1) is 26.1 Å². The highest BCUT2D eigenvalue weighted by molar-refractivity contribution is 5.77. The standard InChI is InChI=1S/C16H22N2O8/c1-11(2)8-13-4-6-14(7-5-13)12(3)16(19)24-9-15(26-18(22)23)10-25-17(20)21/h4-7,11-12,15H,8-10H2,1-3H3. The van der Waals surface area contributed by atoms with E-state index >= 15 is 0 Å². The second-order valence-corrected chi connectivity index (χ2v) is 6.16. The van der Waals surface area contributed by atoms with Crippen LogP contribution in [0.5, 0.6) is 0 Å². The highest BCUT2D eigenvalue weighted by atomic mass is 17.0. The van der Waals surface area contributed by atoms with Gasteiger partial charge in [0.15, 0.2) is 6.10 Å². The molecule has 0 amide bonds. The lowest BCUT2D eigenvalue weighted by atomic mass is 9.97. The number of hydrogen-bond acceptors (Lipinski definition) is 8. The summed E-state index contributed by atoms with van der Waals surface area (Å²) in [6.45, 7) is 4.60. The van der Waals surface area contributed by atoms with Crippen molar-refractivity contribution in [1.82, 2.24) is 0 Å². The zero-order valence-corrected chi connectivity index (χ0v) is 14.8. The van der Waals surface area contributed by atoms with Gasteiger partial charge >= 0.3 is 5.97 Å². The number of carbonyl (C=O) groups excluding carboxylic acids is 1. The van der Waals surface area contributed by atoms with Crippen LogP contribution in [0.2, 0.25) is 0 Å². The zero-order valence-electron chi connectivity index (χ0n) is 14.8. The Kier molecular flexibility index (Phi) is 8.26. The molecule has 0 bridgehead atoms. The Bertz CT molecular complexity index is 617. The Balaban J connectivity index is 2.60. The van der Waals surface area contributed by atoms with Crippen molar-refractivity contribution in [1.29, 1.82) is 0 Å². The number of carbonyl (C=O) groups is 1. The maximum Gasteiger partial charge on any atom is 0.313 e. The third kappa shape index (κ3) is 7.77. The molecule has 2 unspecified atom stereocenters. The predicted molar refractivity (Wildman–Crippen MR) is 89.2 cm³/mol. The van der Waals surface area contributed by atoms with Crippen LogP contribution in [0.15, 0.2) is 24.3 Å². The summed E-state index contributed by atoms with van der Waals surface area (Å²) in [5.41, 5.74) is 1.89. The Labute approximate surface area is 150 Å². The SMILES string of the molecule is CC(C)Cc1ccc(C(C)C(=O)OCC(CO[N+](=O)[O-])O[N+](=O)[O-])cc1. The van der Waals surface area contributed by atoms with Gasteiger partial charge in [0.25, 0.3) is 10.2 Å². The van der Waals surface area contributed by atoms with Crippen LogP contribution in [0.1, 0.15) is 37.8 Å². The molecule has 0 aromatic heterocycles. The minimum atomic E-state index is -1.39. The number of rotatable bonds is 11. The van der Waals surface area contributed by atoms with Gasteiger partial charge in [0, 0.05) is 0 Å². The summed E-state index contributed by atoms with van der Waals surface area (Å²) >= 11 is 0. The number of nitrogens with zero attached hydrogens (tertiary/aromatic N) is 2. The van der Waals surface area contributed by atoms with Crippen molar-refractivity contribution in [2.45, 2.75) is 39.2 Å². The molecule has 0 aliphatic carbocycles. The first-order valence-corrected chi connectivity index (χ1v) is 8.03. The molecule has 1 aromatic carbocycles. The van der Waals surface area contributed by atoms with E-state index in [0.29, 0.717) is 5.92 Å². The van der Waals surface area contributed by atoms with E-state index in [1.807, 2.05) is 24.3 Å². The normalized spacial score (nSPS) is 12.9. The predicted octanol–water partition coefficient (Wildman–Crippen LogP) is 2.32. The lowest BCUT2D eigenvalue weighted by molar-refractivity contribution is -0.790. The van der Waals surface area contributed by atoms with Crippen molar-refractivity contribution >= 4 is 5.97 Å². The van der Waals surface area contributed by atoms with Crippen LogP contribution in [0.4, 0.5) is 0 Å². The van der Waals surface area contributed by atoms with Crippen LogP contribution in [-0.4, -0.2) is 35.5 Å². The molecular formula is C16H22N2O8. The molecule has 0 heterocycles. The lowest BCUT2D eigenvalue weighted by Crippen LogP contribution is -2.31. The van der Waals surface area contributed by atoms with Crippen molar-refractivity contribution in [3.63, 3.8) is 0 Å². The van der Waals surface area contributed by atoms with Gasteiger partial charge in [0.1, 0.15) is 13.2 Å². The molecule has 0 spiro atoms. The molecule has 0 N–H and O–H groups in total. The molecule has 0 aliphatic heterocycles. The largest absolute Gasteiger partial charge is 0.463 e. The van der Waals surface area contributed by atoms with E-state index in [1.165, 1.54) is 0 Å². The third-order valence-corrected chi connectivity index (χ3v) is 3.49. The molecule has 0 saturated heterocycles. The van der Waals surface area contributed by atoms with Crippen LogP contribution in [0.3, 0.4) is 0 Å². The molecule has 2 atom stereocenters. The van der Waals surface area contributed by atoms with E-state index < -0.39 is 41.4 Å². The second kappa shape index (κ2) is 10.2. The summed E-state index contributed by atoms with van der Waals surface area (Å²) in [6.07, 6.45) is -0.463. The summed E-state index contributed by atoms with van der Waals surface area (Å²) in [4.78, 5) is 40.9. The fraction of sp³-hybridized carbons (Fsp3) is 0.562. The Hall–Kier alpha value is -2.91. The molecule has 26 heavy (non-hydrogen) atoms. The average molecular weight is 370 g/mol. The van der Waals surface area contributed by atoms with Crippen molar-refractivity contribution in [2.75, 3.05) is 13.2 Å². The molecular weight excluding hydrogens is 348 g/mol. The fourth-order valence-electron chi connectivity index (χ4n) is 2.22. The quantitative estimate of drug-likeness (QED) is 0.329. The summed E-state index contributed by atoms with van der Waals surface area (Å²) in [7, 11) is 0. The van der Waals surface area contributed by atoms with Gasteiger partial charge in [-0.15, -0.1) is 20.2 Å². The molecule has 0 fully saturated rings. The van der Waals surface area contributed by atoms with E-state index in [4.69, 9.17) is 4.74 Å². The Morgan fingerprint density at radius 3 is 2.15 bits per heavy atom. The minimum absolute atomic E-state index is 0.517. The summed E-state index contributed by atoms with van der Waals surface area (Å²) in [5.74, 6) is -0.710. The molecule has 1 rings (SSSR count). The number of esters is 1. The van der Waals surface area contributed by atoms with Crippen LogP contribution >= 0.6 is 0 Å². The first-order chi connectivity index (χ1) is 12.2. The van der Waals surface area contributed by atoms with Crippen LogP contribution < -0.4 is 0 Å². The van der Waals surface area contributed by atoms with Crippen molar-refractivity contribution in [3.05, 3.63) is 55.6 Å². The van der Waals surface area contributed by atoms with E-state index in [1.54, 1.807) is 6.92 Å². The summed E-state index contributed by atoms with van der Waals surface area (Å²) in [5, 5.41) is 18.3. The summed E-state index contributed by atoms with van der Waals surface area (Å²) in [6, 6.07) is 7.51. The van der Waals surface area contributed by atoms with E-state index in [-0.39, 0.29) is 0 Å². The second-order valence-electron chi connectivity index (χ2n) is 6.16. The van der Waals surface area contributed by atoms with E-state index in [9.17, 15) is 25.0 Å². The number of benzene rings is 1. The maximum atomic E-state index is 12.1. The van der Waals surface area contributed by atoms with E-state index in [2.05, 4.69) is 23.5 Å². The number of ether oxygens (including phenoxy) is 1. The van der Waals surface area contributed by atoms with Gasteiger partial charge < -0.3 is 14.4 Å². The van der Waals surface area contributed by atoms with Gasteiger partial charge in [-0.05, 0) is 30.4 Å². The highest BCUT2D eigenvalue weighted by Crippen LogP contribution is 2.19. The molecule has 1 aromatic rings. The first kappa shape index (κ1) is 21.1. The fourth-order valence-corrected chi connectivity index (χ4v) is 2.22. The highest BCUT2D eigenvalue weighted by Gasteiger charge is 2.22. The first-order valence-electron chi connectivity index (χ1n) is 8.03. The molecule has 144 valence electrons. The monoisotopic (exact) mass is 370 g/mol. The topological polar surface area (TPSA) is 131 Å². The minimum Gasteiger partial charge on any atom is -0.463 e. The van der Waals surface area contributed by atoms with Crippen LogP contribution in [0.25, 0.3) is 0 Å². The molecule has 10 heteroatoms. The van der Waals surface area contributed by atoms with Crippen molar-refractivity contribution in [2.24, 2.45) is 5.92 Å². The smallest absolute Gasteiger partial charge is 0.313 e. The van der Waals surface area contributed by atoms with Gasteiger partial charge in [0.2, 0.25) is 0 Å². The maximum absolute atomic E-state index is 12.1. The summed E-state index contributed by atoms with van der Waals surface area (Å²) < 4.78 is 4.98. The molecule has 0 radical (unpaired) electrons. The van der Waals surface area contributed by atoms with E-state index in [0.717, 1.165) is 17.5 Å². The van der Waals surface area contributed by atoms with Crippen molar-refractivity contribution in [3.8, 4) is 0 Å². The van der Waals surface area contributed by atoms with Gasteiger partial charge in [-0.2, -0.15) is 0 Å². The van der Waals surface area contributed by atoms with Gasteiger partial charge in [0.05, 0.1) is 5.92 Å². The van der Waals surface area contributed by atoms with Gasteiger partial charge in [-0.1, -0.05) is 38.1 Å². The molecule has 0 aliphatic rings. The van der Waals surface area contributed by atoms with Gasteiger partial charge in [-0.3, -0.25) is 4.79 Å². The zero-order chi connectivity index (χ0) is 19.7. The average Bonchev–Trinajstić information content (AvgIpc) is 2.56. The Morgan fingerprint density at radius 1 is 1.04 bits per heavy atom. The third-order valence-electron chi connectivity index (χ3n) is 3.49. The molecule has 10 nitrogen and oxygen atoms in total. The lowest BCUT2D eigenvalue weighted by Gasteiger charge is -2.16. The Morgan fingerprint density at radius 2 is 1.65 bits per heavy atom. The molecule has 0 saturated carbocycles. The van der Waals surface area contributed by atoms with Gasteiger partial charge in [-0.25, -0.2) is 0 Å².